The fraction of sp³-hybridized carbons (Fsp3) is 0.857. The van der Waals surface area contributed by atoms with E-state index in [2.05, 4.69) is 13.8 Å². The molecule has 1 radical (unpaired) electrons. The van der Waals surface area contributed by atoms with Crippen molar-refractivity contribution in [2.24, 2.45) is 0 Å². The van der Waals surface area contributed by atoms with Crippen molar-refractivity contribution in [2.75, 3.05) is 0 Å². The van der Waals surface area contributed by atoms with Crippen LogP contribution in [0, 0.1) is 6.92 Å². The van der Waals surface area contributed by atoms with E-state index in [0.717, 1.165) is 6.42 Å². The molecule has 53 valence electrons. The van der Waals surface area contributed by atoms with Crippen LogP contribution in [0.25, 0.3) is 0 Å². The van der Waals surface area contributed by atoms with Crippen LogP contribution < -0.4 is 12.4 Å². The van der Waals surface area contributed by atoms with E-state index in [4.69, 9.17) is 0 Å². The third-order valence-corrected chi connectivity index (χ3v) is 1.10. The van der Waals surface area contributed by atoms with E-state index in [1.807, 2.05) is 0 Å². The van der Waals surface area contributed by atoms with E-state index in [-0.39, 0.29) is 31.9 Å². The van der Waals surface area contributed by atoms with Crippen molar-refractivity contribution in [1.29, 1.82) is 0 Å². The molecule has 0 unspecified atom stereocenters. The Morgan fingerprint density at radius 3 is 2.00 bits per heavy atom. The molecular formula is C7H15ClZn-. The summed E-state index contributed by atoms with van der Waals surface area (Å²) in [4.78, 5) is 0. The zero-order valence-electron chi connectivity index (χ0n) is 6.33. The van der Waals surface area contributed by atoms with Crippen molar-refractivity contribution in [3.05, 3.63) is 6.92 Å². The van der Waals surface area contributed by atoms with Crippen LogP contribution in [0.2, 0.25) is 0 Å². The van der Waals surface area contributed by atoms with Crippen LogP contribution in [0.4, 0.5) is 0 Å². The van der Waals surface area contributed by atoms with Gasteiger partial charge in [0.25, 0.3) is 0 Å². The van der Waals surface area contributed by atoms with Crippen LogP contribution in [0.1, 0.15) is 39.0 Å². The molecule has 0 amide bonds. The van der Waals surface area contributed by atoms with Crippen molar-refractivity contribution in [3.63, 3.8) is 0 Å². The molecule has 0 saturated carbocycles. The van der Waals surface area contributed by atoms with Gasteiger partial charge in [0.15, 0.2) is 0 Å². The fourth-order valence-corrected chi connectivity index (χ4v) is 0.604. The third-order valence-electron chi connectivity index (χ3n) is 1.10. The topological polar surface area (TPSA) is 0 Å². The molecule has 0 nitrogen and oxygen atoms in total. The fourth-order valence-electron chi connectivity index (χ4n) is 0.604. The SMILES string of the molecule is [CH2]CCCCCC.[Cl-].[Zn]. The molecule has 0 saturated heterocycles. The average Bonchev–Trinajstić information content (AvgIpc) is 1.69. The van der Waals surface area contributed by atoms with Gasteiger partial charge in [-0.2, -0.15) is 0 Å². The molecule has 0 aromatic heterocycles. The Bertz CT molecular complexity index is 28.1. The Labute approximate surface area is 78.0 Å². The molecule has 0 aromatic carbocycles. The van der Waals surface area contributed by atoms with Crippen LogP contribution in [0.15, 0.2) is 0 Å². The monoisotopic (exact) mass is 198 g/mol. The molecule has 0 atom stereocenters. The van der Waals surface area contributed by atoms with Crippen LogP contribution in [-0.2, 0) is 19.5 Å². The zero-order chi connectivity index (χ0) is 5.54. The first-order valence-corrected chi connectivity index (χ1v) is 3.21. The molecule has 0 rings (SSSR count). The molecular weight excluding hydrogens is 185 g/mol. The summed E-state index contributed by atoms with van der Waals surface area (Å²) >= 11 is 0. The second-order valence-electron chi connectivity index (χ2n) is 1.91. The Morgan fingerprint density at radius 2 is 1.67 bits per heavy atom. The van der Waals surface area contributed by atoms with Gasteiger partial charge < -0.3 is 12.4 Å². The first-order chi connectivity index (χ1) is 3.41. The van der Waals surface area contributed by atoms with E-state index >= 15 is 0 Å². The van der Waals surface area contributed by atoms with E-state index < -0.39 is 0 Å². The maximum atomic E-state index is 3.76. The van der Waals surface area contributed by atoms with Crippen LogP contribution >= 0.6 is 0 Å². The molecule has 0 fully saturated rings. The number of hydrogen-bond acceptors (Lipinski definition) is 0. The quantitative estimate of drug-likeness (QED) is 0.435. The summed E-state index contributed by atoms with van der Waals surface area (Å²) in [6, 6.07) is 0. The van der Waals surface area contributed by atoms with E-state index in [0.29, 0.717) is 0 Å². The van der Waals surface area contributed by atoms with Gasteiger partial charge in [0, 0.05) is 19.5 Å². The van der Waals surface area contributed by atoms with Crippen LogP contribution in [-0.4, -0.2) is 0 Å². The second-order valence-corrected chi connectivity index (χ2v) is 1.91. The first-order valence-electron chi connectivity index (χ1n) is 3.21. The smallest absolute Gasteiger partial charge is 0 e. The van der Waals surface area contributed by atoms with Crippen molar-refractivity contribution in [2.45, 2.75) is 39.0 Å². The van der Waals surface area contributed by atoms with Crippen molar-refractivity contribution < 1.29 is 31.9 Å². The summed E-state index contributed by atoms with van der Waals surface area (Å²) in [6.45, 7) is 5.98. The molecule has 0 aromatic rings. The van der Waals surface area contributed by atoms with Gasteiger partial charge in [-0.05, 0) is 0 Å². The van der Waals surface area contributed by atoms with E-state index in [1.165, 1.54) is 25.7 Å². The Morgan fingerprint density at radius 1 is 1.11 bits per heavy atom. The maximum absolute atomic E-state index is 3.76. The van der Waals surface area contributed by atoms with Gasteiger partial charge in [-0.15, -0.1) is 0 Å². The summed E-state index contributed by atoms with van der Waals surface area (Å²) in [7, 11) is 0. The van der Waals surface area contributed by atoms with Gasteiger partial charge >= 0.3 is 0 Å². The molecule has 0 aliphatic heterocycles. The summed E-state index contributed by atoms with van der Waals surface area (Å²) in [5.41, 5.74) is 0. The van der Waals surface area contributed by atoms with Gasteiger partial charge in [-0.3, -0.25) is 0 Å². The van der Waals surface area contributed by atoms with E-state index in [1.54, 1.807) is 0 Å². The molecule has 0 heterocycles. The van der Waals surface area contributed by atoms with Gasteiger partial charge in [-0.1, -0.05) is 46.0 Å². The molecule has 0 aliphatic carbocycles. The molecule has 0 aliphatic rings. The summed E-state index contributed by atoms with van der Waals surface area (Å²) in [5.74, 6) is 0. The van der Waals surface area contributed by atoms with Gasteiger partial charge in [0.05, 0.1) is 0 Å². The largest absolute Gasteiger partial charge is 1.00 e. The maximum Gasteiger partial charge on any atom is 0 e. The second kappa shape index (κ2) is 16.0. The Hall–Kier alpha value is 0.913. The number of hydrogen-bond donors (Lipinski definition) is 0. The van der Waals surface area contributed by atoms with E-state index in [9.17, 15) is 0 Å². The zero-order valence-corrected chi connectivity index (χ0v) is 10.1. The first kappa shape index (κ1) is 16.5. The molecule has 0 bridgehead atoms. The predicted molar refractivity (Wildman–Crippen MR) is 34.1 cm³/mol. The predicted octanol–water partition coefficient (Wildman–Crippen LogP) is -0.208. The number of rotatable bonds is 4. The van der Waals surface area contributed by atoms with Crippen LogP contribution in [0.5, 0.6) is 0 Å². The normalized spacial score (nSPS) is 7.33. The summed E-state index contributed by atoms with van der Waals surface area (Å²) in [5, 5.41) is 0. The van der Waals surface area contributed by atoms with Crippen molar-refractivity contribution >= 4 is 0 Å². The molecule has 9 heavy (non-hydrogen) atoms. The van der Waals surface area contributed by atoms with Gasteiger partial charge in [-0.25, -0.2) is 0 Å². The minimum atomic E-state index is 0. The van der Waals surface area contributed by atoms with Gasteiger partial charge in [0.1, 0.15) is 0 Å². The minimum absolute atomic E-state index is 0. The molecule has 0 spiro atoms. The molecule has 0 N–H and O–H groups in total. The Balaban J connectivity index is -0.000000180. The molecule has 2 heteroatoms. The van der Waals surface area contributed by atoms with Crippen LogP contribution in [0.3, 0.4) is 0 Å². The standard InChI is InChI=1S/C7H15.ClH.Zn/c1-3-5-7-6-4-2;;/h1,3-7H2,2H3;1H;/p-1. The van der Waals surface area contributed by atoms with Crippen molar-refractivity contribution in [1.82, 2.24) is 0 Å². The average molecular weight is 200 g/mol. The van der Waals surface area contributed by atoms with Crippen molar-refractivity contribution in [3.8, 4) is 0 Å². The number of unbranched alkanes of at least 4 members (excludes halogenated alkanes) is 4. The third kappa shape index (κ3) is 17.6. The van der Waals surface area contributed by atoms with Gasteiger partial charge in [0.2, 0.25) is 0 Å². The summed E-state index contributed by atoms with van der Waals surface area (Å²) < 4.78 is 0. The number of halogens is 1. The summed E-state index contributed by atoms with van der Waals surface area (Å²) in [6.07, 6.45) is 6.52. The Kier molecular flexibility index (Phi) is 29.2. The minimum Gasteiger partial charge on any atom is -1.00 e.